The van der Waals surface area contributed by atoms with E-state index >= 15 is 0 Å². The molecule has 4 aromatic carbocycles. The van der Waals surface area contributed by atoms with Crippen molar-refractivity contribution in [2.24, 2.45) is 0 Å². The number of esters is 1. The number of halogens is 6. The van der Waals surface area contributed by atoms with Crippen molar-refractivity contribution in [3.8, 4) is 21.8 Å². The Morgan fingerprint density at radius 3 is 1.95 bits per heavy atom. The molecule has 0 aliphatic rings. The standard InChI is InChI=1S/C30H25O5S.F6P/c1-33-17-18-34-29(31)20-35-23-13-16-28-26(19-23)30(32)25-9-5-6-10-27(25)36(28)24-14-11-22(12-15-24)21-7-3-2-4-8-21;1-7(2,3,4,5)6/h2-16,19H,17-18,20H2,1H3;/q+1;-1. The van der Waals surface area contributed by atoms with Crippen LogP contribution in [0.2, 0.25) is 0 Å². The van der Waals surface area contributed by atoms with Gasteiger partial charge in [0, 0.05) is 23.6 Å². The van der Waals surface area contributed by atoms with E-state index in [1.165, 1.54) is 7.11 Å². The molecule has 5 rings (SSSR count). The summed E-state index contributed by atoms with van der Waals surface area (Å²) in [6.07, 6.45) is 0. The molecule has 0 aliphatic heterocycles. The summed E-state index contributed by atoms with van der Waals surface area (Å²) in [6.45, 7) is 0.261. The molecule has 0 bridgehead atoms. The second kappa shape index (κ2) is 11.9. The Labute approximate surface area is 244 Å². The van der Waals surface area contributed by atoms with Crippen LogP contribution in [0.25, 0.3) is 36.2 Å². The number of methoxy groups -OCH3 is 1. The van der Waals surface area contributed by atoms with E-state index in [9.17, 15) is 34.8 Å². The molecule has 0 saturated heterocycles. The van der Waals surface area contributed by atoms with E-state index < -0.39 is 24.2 Å². The Balaban J connectivity index is 0.000000541. The Kier molecular flexibility index (Phi) is 8.87. The third-order valence-electron chi connectivity index (χ3n) is 5.87. The molecule has 0 aliphatic carbocycles. The van der Waals surface area contributed by atoms with Gasteiger partial charge in [-0.15, -0.1) is 0 Å². The molecule has 0 amide bonds. The molecule has 0 fully saturated rings. The first-order chi connectivity index (χ1) is 20.1. The monoisotopic (exact) mass is 642 g/mol. The summed E-state index contributed by atoms with van der Waals surface area (Å²) in [5.41, 5.74) is 2.26. The molecule has 5 nitrogen and oxygen atoms in total. The van der Waals surface area contributed by atoms with Crippen molar-refractivity contribution in [1.29, 1.82) is 0 Å². The third-order valence-corrected chi connectivity index (χ3v) is 8.21. The van der Waals surface area contributed by atoms with Crippen LogP contribution in [-0.4, -0.2) is 32.9 Å². The van der Waals surface area contributed by atoms with Crippen LogP contribution in [-0.2, 0) is 14.3 Å². The van der Waals surface area contributed by atoms with E-state index in [0.717, 1.165) is 25.4 Å². The van der Waals surface area contributed by atoms with Gasteiger partial charge in [0.15, 0.2) is 20.9 Å². The number of carbonyl (C=O) groups excluding carboxylic acids is 1. The van der Waals surface area contributed by atoms with Crippen LogP contribution < -0.4 is 10.2 Å². The van der Waals surface area contributed by atoms with Crippen LogP contribution in [0.3, 0.4) is 0 Å². The molecule has 0 N–H and O–H groups in total. The van der Waals surface area contributed by atoms with Crippen molar-refractivity contribution in [3.63, 3.8) is 0 Å². The zero-order valence-electron chi connectivity index (χ0n) is 22.5. The Hall–Kier alpha value is -3.99. The second-order valence-electron chi connectivity index (χ2n) is 9.14. The van der Waals surface area contributed by atoms with Gasteiger partial charge in [0.2, 0.25) is 5.43 Å². The summed E-state index contributed by atoms with van der Waals surface area (Å²) in [5.74, 6) is -0.0344. The van der Waals surface area contributed by atoms with E-state index in [0.29, 0.717) is 23.1 Å². The summed E-state index contributed by atoms with van der Waals surface area (Å²) >= 11 is 0. The maximum absolute atomic E-state index is 13.4. The summed E-state index contributed by atoms with van der Waals surface area (Å²) in [5, 5.41) is 1.28. The van der Waals surface area contributed by atoms with Gasteiger partial charge in [-0.05, 0) is 59.7 Å². The number of carbonyl (C=O) groups is 1. The molecule has 5 aromatic rings. The molecule has 1 atom stereocenters. The van der Waals surface area contributed by atoms with Gasteiger partial charge in [-0.1, -0.05) is 42.5 Å². The molecule has 43 heavy (non-hydrogen) atoms. The minimum atomic E-state index is -10.7. The quantitative estimate of drug-likeness (QED) is 0.0421. The molecule has 1 heterocycles. The van der Waals surface area contributed by atoms with Crippen LogP contribution in [0.15, 0.2) is 102 Å². The molecule has 0 radical (unpaired) electrons. The number of ether oxygens (including phenoxy) is 3. The normalized spacial score (nSPS) is 13.4. The average molecular weight is 643 g/mol. The fourth-order valence-corrected chi connectivity index (χ4v) is 6.46. The molecule has 0 saturated carbocycles. The summed E-state index contributed by atoms with van der Waals surface area (Å²) in [4.78, 5) is 26.5. The number of hydrogen-bond acceptors (Lipinski definition) is 5. The minimum absolute atomic E-state index is 0.0432. The Bertz CT molecular complexity index is 1800. The average Bonchev–Trinajstić information content (AvgIpc) is 2.96. The van der Waals surface area contributed by atoms with Crippen LogP contribution in [0, 0.1) is 0 Å². The first kappa shape index (κ1) is 31.9. The van der Waals surface area contributed by atoms with Gasteiger partial charge in [0.25, 0.3) is 0 Å². The van der Waals surface area contributed by atoms with E-state index in [4.69, 9.17) is 14.2 Å². The molecule has 13 heteroatoms. The van der Waals surface area contributed by atoms with Gasteiger partial charge in [0.05, 0.1) is 17.4 Å². The third kappa shape index (κ3) is 9.51. The van der Waals surface area contributed by atoms with E-state index in [1.54, 1.807) is 12.1 Å². The second-order valence-corrected chi connectivity index (χ2v) is 13.0. The maximum atomic E-state index is 13.4. The van der Waals surface area contributed by atoms with Crippen molar-refractivity contribution >= 4 is 44.4 Å². The number of benzene rings is 4. The van der Waals surface area contributed by atoms with Gasteiger partial charge < -0.3 is 14.2 Å². The van der Waals surface area contributed by atoms with Crippen molar-refractivity contribution in [3.05, 3.63) is 107 Å². The number of hydrogen-bond donors (Lipinski definition) is 0. The fraction of sp³-hybridized carbons (Fsp3) is 0.133. The van der Waals surface area contributed by atoms with Crippen molar-refractivity contribution in [2.45, 2.75) is 0 Å². The Morgan fingerprint density at radius 1 is 0.721 bits per heavy atom. The molecule has 228 valence electrons. The molecule has 1 unspecified atom stereocenters. The van der Waals surface area contributed by atoms with Crippen molar-refractivity contribution in [1.82, 2.24) is 0 Å². The summed E-state index contributed by atoms with van der Waals surface area (Å²) in [6, 6.07) is 32.0. The fourth-order valence-electron chi connectivity index (χ4n) is 4.14. The van der Waals surface area contributed by atoms with E-state index in [1.807, 2.05) is 48.5 Å². The van der Waals surface area contributed by atoms with Gasteiger partial charge in [0.1, 0.15) is 12.4 Å². The zero-order chi connectivity index (χ0) is 31.3. The van der Waals surface area contributed by atoms with E-state index in [2.05, 4.69) is 36.4 Å². The first-order valence-electron chi connectivity index (χ1n) is 12.6. The predicted molar refractivity (Wildman–Crippen MR) is 159 cm³/mol. The summed E-state index contributed by atoms with van der Waals surface area (Å²) < 4.78 is 76.7. The van der Waals surface area contributed by atoms with Crippen LogP contribution in [0.1, 0.15) is 0 Å². The van der Waals surface area contributed by atoms with Gasteiger partial charge in [-0.25, -0.2) is 4.79 Å². The number of rotatable bonds is 8. The van der Waals surface area contributed by atoms with Crippen molar-refractivity contribution < 1.29 is 44.2 Å². The molecule has 0 spiro atoms. The SMILES string of the molecule is COCCOC(=O)COc1ccc2c(c1)c(=O)c1ccccc1[s+]2-c1ccc(-c2ccccc2)cc1.F[P-](F)(F)(F)(F)F. The number of fused-ring (bicyclic) bond motifs is 2. The van der Waals surface area contributed by atoms with Gasteiger partial charge >= 0.3 is 39.0 Å². The molecule has 1 aromatic heterocycles. The topological polar surface area (TPSA) is 61.8 Å². The van der Waals surface area contributed by atoms with Crippen LogP contribution in [0.4, 0.5) is 25.2 Å². The van der Waals surface area contributed by atoms with E-state index in [-0.39, 0.29) is 18.6 Å². The van der Waals surface area contributed by atoms with Crippen LogP contribution >= 0.6 is 18.3 Å². The predicted octanol–water partition coefficient (Wildman–Crippen LogP) is 9.71. The van der Waals surface area contributed by atoms with Crippen molar-refractivity contribution in [2.75, 3.05) is 26.9 Å². The first-order valence-corrected chi connectivity index (χ1v) is 15.9. The Morgan fingerprint density at radius 2 is 1.30 bits per heavy atom. The van der Waals surface area contributed by atoms with Gasteiger partial charge in [-0.2, -0.15) is 0 Å². The van der Waals surface area contributed by atoms with Gasteiger partial charge in [-0.3, -0.25) is 4.79 Å². The van der Waals surface area contributed by atoms with Crippen LogP contribution in [0.5, 0.6) is 5.75 Å². The molecular weight excluding hydrogens is 617 g/mol. The zero-order valence-corrected chi connectivity index (χ0v) is 24.2. The summed E-state index contributed by atoms with van der Waals surface area (Å²) in [7, 11) is -9.57. The molecular formula is C30H25F6O5PS.